The molecular formula is C26H33FN2O4. The van der Waals surface area contributed by atoms with E-state index in [0.29, 0.717) is 17.9 Å². The minimum atomic E-state index is -0.635. The van der Waals surface area contributed by atoms with Crippen molar-refractivity contribution in [2.75, 3.05) is 13.7 Å². The summed E-state index contributed by atoms with van der Waals surface area (Å²) in [6.07, 6.45) is 5.81. The molecule has 0 saturated heterocycles. The third-order valence-electron chi connectivity index (χ3n) is 6.03. The maximum atomic E-state index is 13.4. The van der Waals surface area contributed by atoms with Crippen molar-refractivity contribution in [3.8, 4) is 11.5 Å². The lowest BCUT2D eigenvalue weighted by Gasteiger charge is -2.32. The Bertz CT molecular complexity index is 896. The summed E-state index contributed by atoms with van der Waals surface area (Å²) in [6.45, 7) is 1.88. The van der Waals surface area contributed by atoms with E-state index in [9.17, 15) is 14.0 Å². The molecule has 1 atom stereocenters. The normalized spacial score (nSPS) is 14.9. The first-order chi connectivity index (χ1) is 16.0. The van der Waals surface area contributed by atoms with Gasteiger partial charge in [0.05, 0.1) is 7.11 Å². The Morgan fingerprint density at radius 1 is 1.03 bits per heavy atom. The second-order valence-electron chi connectivity index (χ2n) is 8.38. The van der Waals surface area contributed by atoms with Crippen LogP contribution in [0.25, 0.3) is 0 Å². The summed E-state index contributed by atoms with van der Waals surface area (Å²) >= 11 is 0. The highest BCUT2D eigenvalue weighted by Gasteiger charge is 2.30. The number of hydrogen-bond acceptors (Lipinski definition) is 4. The second kappa shape index (κ2) is 12.2. The van der Waals surface area contributed by atoms with Gasteiger partial charge in [0, 0.05) is 12.6 Å². The van der Waals surface area contributed by atoms with Crippen LogP contribution >= 0.6 is 0 Å². The van der Waals surface area contributed by atoms with Crippen LogP contribution < -0.4 is 14.8 Å². The van der Waals surface area contributed by atoms with Crippen LogP contribution in [0.2, 0.25) is 0 Å². The molecule has 0 heterocycles. The lowest BCUT2D eigenvalue weighted by molar-refractivity contribution is -0.143. The van der Waals surface area contributed by atoms with Crippen LogP contribution in [0.4, 0.5) is 4.39 Å². The number of methoxy groups -OCH3 is 1. The Morgan fingerprint density at radius 3 is 2.27 bits per heavy atom. The predicted molar refractivity (Wildman–Crippen MR) is 125 cm³/mol. The summed E-state index contributed by atoms with van der Waals surface area (Å²) in [5.41, 5.74) is 0.748. The van der Waals surface area contributed by atoms with Gasteiger partial charge in [-0.25, -0.2) is 4.39 Å². The van der Waals surface area contributed by atoms with Crippen molar-refractivity contribution in [3.05, 3.63) is 59.9 Å². The molecular weight excluding hydrogens is 423 g/mol. The van der Waals surface area contributed by atoms with E-state index in [1.165, 1.54) is 23.5 Å². The van der Waals surface area contributed by atoms with Crippen LogP contribution in [0.5, 0.6) is 11.5 Å². The number of hydrogen-bond donors (Lipinski definition) is 1. The van der Waals surface area contributed by atoms with Crippen molar-refractivity contribution in [2.24, 2.45) is 0 Å². The van der Waals surface area contributed by atoms with Crippen molar-refractivity contribution >= 4 is 11.8 Å². The van der Waals surface area contributed by atoms with Gasteiger partial charge in [0.25, 0.3) is 5.91 Å². The standard InChI is InChI=1S/C26H33FN2O4/c1-3-24(26(31)28-21-7-5-4-6-8-21)29(17-19-9-11-20(27)12-10-19)25(30)18-33-23-15-13-22(32-2)14-16-23/h9-16,21,24H,3-8,17-18H2,1-2H3,(H,28,31)/t24-/m1/s1. The minimum absolute atomic E-state index is 0.149. The molecule has 0 bridgehead atoms. The molecule has 0 radical (unpaired) electrons. The zero-order valence-corrected chi connectivity index (χ0v) is 19.4. The molecule has 178 valence electrons. The van der Waals surface area contributed by atoms with E-state index < -0.39 is 6.04 Å². The fraction of sp³-hybridized carbons (Fsp3) is 0.462. The van der Waals surface area contributed by atoms with Crippen molar-refractivity contribution in [2.45, 2.75) is 64.1 Å². The van der Waals surface area contributed by atoms with Crippen molar-refractivity contribution in [1.82, 2.24) is 10.2 Å². The highest BCUT2D eigenvalue weighted by Crippen LogP contribution is 2.20. The number of ether oxygens (including phenoxy) is 2. The maximum absolute atomic E-state index is 13.4. The Morgan fingerprint density at radius 2 is 1.67 bits per heavy atom. The monoisotopic (exact) mass is 456 g/mol. The number of nitrogens with one attached hydrogen (secondary N) is 1. The molecule has 2 amide bonds. The highest BCUT2D eigenvalue weighted by molar-refractivity contribution is 5.88. The van der Waals surface area contributed by atoms with Gasteiger partial charge < -0.3 is 19.7 Å². The van der Waals surface area contributed by atoms with Crippen LogP contribution in [-0.2, 0) is 16.1 Å². The Labute approximate surface area is 195 Å². The molecule has 1 aliphatic carbocycles. The van der Waals surface area contributed by atoms with Crippen molar-refractivity contribution in [1.29, 1.82) is 0 Å². The van der Waals surface area contributed by atoms with E-state index in [1.807, 2.05) is 6.92 Å². The second-order valence-corrected chi connectivity index (χ2v) is 8.38. The largest absolute Gasteiger partial charge is 0.497 e. The first kappa shape index (κ1) is 24.6. The average molecular weight is 457 g/mol. The van der Waals surface area contributed by atoms with Gasteiger partial charge in [-0.15, -0.1) is 0 Å². The molecule has 1 N–H and O–H groups in total. The molecule has 2 aromatic rings. The molecule has 1 aliphatic rings. The Balaban J connectivity index is 1.73. The van der Waals surface area contributed by atoms with E-state index in [1.54, 1.807) is 43.5 Å². The van der Waals surface area contributed by atoms with Crippen LogP contribution in [0.1, 0.15) is 51.0 Å². The van der Waals surface area contributed by atoms with Gasteiger partial charge in [-0.05, 0) is 61.2 Å². The van der Waals surface area contributed by atoms with Gasteiger partial charge >= 0.3 is 0 Å². The minimum Gasteiger partial charge on any atom is -0.497 e. The predicted octanol–water partition coefficient (Wildman–Crippen LogP) is 4.47. The topological polar surface area (TPSA) is 67.9 Å². The van der Waals surface area contributed by atoms with E-state index in [2.05, 4.69) is 5.32 Å². The number of nitrogens with zero attached hydrogens (tertiary/aromatic N) is 1. The van der Waals surface area contributed by atoms with E-state index in [4.69, 9.17) is 9.47 Å². The number of benzene rings is 2. The van der Waals surface area contributed by atoms with Gasteiger partial charge in [0.15, 0.2) is 6.61 Å². The highest BCUT2D eigenvalue weighted by atomic mass is 19.1. The first-order valence-electron chi connectivity index (χ1n) is 11.6. The lowest BCUT2D eigenvalue weighted by atomic mass is 9.95. The quantitative estimate of drug-likeness (QED) is 0.573. The molecule has 0 aromatic heterocycles. The molecule has 6 nitrogen and oxygen atoms in total. The van der Waals surface area contributed by atoms with Crippen molar-refractivity contribution < 1.29 is 23.5 Å². The summed E-state index contributed by atoms with van der Waals surface area (Å²) in [7, 11) is 1.58. The fourth-order valence-corrected chi connectivity index (χ4v) is 4.15. The van der Waals surface area contributed by atoms with E-state index >= 15 is 0 Å². The molecule has 33 heavy (non-hydrogen) atoms. The van der Waals surface area contributed by atoms with Crippen LogP contribution in [0.3, 0.4) is 0 Å². The van der Waals surface area contributed by atoms with Crippen LogP contribution in [0.15, 0.2) is 48.5 Å². The number of halogens is 1. The number of carbonyl (C=O) groups excluding carboxylic acids is 2. The molecule has 7 heteroatoms. The van der Waals surface area contributed by atoms with Gasteiger partial charge in [-0.1, -0.05) is 38.3 Å². The van der Waals surface area contributed by atoms with Crippen LogP contribution in [0, 0.1) is 5.82 Å². The maximum Gasteiger partial charge on any atom is 0.261 e. The summed E-state index contributed by atoms with van der Waals surface area (Å²) in [5.74, 6) is 0.425. The lowest BCUT2D eigenvalue weighted by Crippen LogP contribution is -2.52. The van der Waals surface area contributed by atoms with E-state index in [0.717, 1.165) is 31.2 Å². The number of amides is 2. The molecule has 0 unspecified atom stereocenters. The zero-order chi connectivity index (χ0) is 23.6. The van der Waals surface area contributed by atoms with Gasteiger partial charge in [0.1, 0.15) is 23.4 Å². The summed E-state index contributed by atoms with van der Waals surface area (Å²) in [6, 6.07) is 12.4. The van der Waals surface area contributed by atoms with Crippen molar-refractivity contribution in [3.63, 3.8) is 0 Å². The molecule has 0 spiro atoms. The third kappa shape index (κ3) is 7.20. The molecule has 2 aromatic carbocycles. The van der Waals surface area contributed by atoms with Gasteiger partial charge in [-0.3, -0.25) is 9.59 Å². The third-order valence-corrected chi connectivity index (χ3v) is 6.03. The SMILES string of the molecule is CC[C@H](C(=O)NC1CCCCC1)N(Cc1ccc(F)cc1)C(=O)COc1ccc(OC)cc1. The Kier molecular flexibility index (Phi) is 9.10. The average Bonchev–Trinajstić information content (AvgIpc) is 2.84. The smallest absolute Gasteiger partial charge is 0.261 e. The Hall–Kier alpha value is -3.09. The van der Waals surface area contributed by atoms with Gasteiger partial charge in [0.2, 0.25) is 5.91 Å². The summed E-state index contributed by atoms with van der Waals surface area (Å²) in [5, 5.41) is 3.14. The summed E-state index contributed by atoms with van der Waals surface area (Å²) < 4.78 is 24.2. The molecule has 0 aliphatic heterocycles. The molecule has 3 rings (SSSR count). The number of carbonyl (C=O) groups is 2. The first-order valence-corrected chi connectivity index (χ1v) is 11.6. The van der Waals surface area contributed by atoms with E-state index in [-0.39, 0.29) is 36.8 Å². The zero-order valence-electron chi connectivity index (χ0n) is 19.4. The molecule has 1 fully saturated rings. The van der Waals surface area contributed by atoms with Gasteiger partial charge in [-0.2, -0.15) is 0 Å². The summed E-state index contributed by atoms with van der Waals surface area (Å²) in [4.78, 5) is 27.9. The molecule has 1 saturated carbocycles. The number of rotatable bonds is 10. The fourth-order valence-electron chi connectivity index (χ4n) is 4.15. The van der Waals surface area contributed by atoms with Crippen LogP contribution in [-0.4, -0.2) is 42.5 Å².